The van der Waals surface area contributed by atoms with E-state index in [4.69, 9.17) is 27.9 Å². The highest BCUT2D eigenvalue weighted by atomic mass is 35.5. The van der Waals surface area contributed by atoms with Crippen molar-refractivity contribution in [2.75, 3.05) is 32.6 Å². The lowest BCUT2D eigenvalue weighted by molar-refractivity contribution is -0.123. The zero-order chi connectivity index (χ0) is 22.3. The molecule has 0 heterocycles. The number of carbonyl (C=O) groups is 2. The van der Waals surface area contributed by atoms with Crippen LogP contribution in [0.2, 0.25) is 10.0 Å². The van der Waals surface area contributed by atoms with Gasteiger partial charge in [-0.05, 0) is 42.8 Å². The number of para-hydroxylation sites is 1. The molecular formula is C22H27Cl2N3O3. The van der Waals surface area contributed by atoms with E-state index in [9.17, 15) is 9.59 Å². The van der Waals surface area contributed by atoms with Gasteiger partial charge in [-0.2, -0.15) is 0 Å². The Hall–Kier alpha value is -2.28. The van der Waals surface area contributed by atoms with Gasteiger partial charge in [-0.15, -0.1) is 0 Å². The molecule has 6 nitrogen and oxygen atoms in total. The summed E-state index contributed by atoms with van der Waals surface area (Å²) in [4.78, 5) is 26.5. The number of nitrogens with one attached hydrogen (secondary N) is 2. The van der Waals surface area contributed by atoms with Crippen molar-refractivity contribution in [1.29, 1.82) is 0 Å². The average molecular weight is 452 g/mol. The molecule has 0 aliphatic carbocycles. The number of amides is 2. The van der Waals surface area contributed by atoms with Crippen molar-refractivity contribution in [1.82, 2.24) is 10.2 Å². The maximum absolute atomic E-state index is 12.6. The second kappa shape index (κ2) is 11.2. The first-order valence-electron chi connectivity index (χ1n) is 9.57. The van der Waals surface area contributed by atoms with Gasteiger partial charge in [-0.1, -0.05) is 55.2 Å². The van der Waals surface area contributed by atoms with Crippen LogP contribution in [0, 0.1) is 5.92 Å². The number of rotatable bonds is 9. The number of carbonyl (C=O) groups excluding carboxylic acids is 2. The Morgan fingerprint density at radius 2 is 1.57 bits per heavy atom. The van der Waals surface area contributed by atoms with Crippen molar-refractivity contribution < 1.29 is 14.3 Å². The molecule has 0 fully saturated rings. The first-order valence-corrected chi connectivity index (χ1v) is 10.3. The van der Waals surface area contributed by atoms with Crippen LogP contribution in [0.1, 0.15) is 25.5 Å². The van der Waals surface area contributed by atoms with E-state index in [0.717, 1.165) is 11.3 Å². The van der Waals surface area contributed by atoms with Gasteiger partial charge in [0.15, 0.2) is 0 Å². The lowest BCUT2D eigenvalue weighted by Crippen LogP contribution is -2.41. The Morgan fingerprint density at radius 1 is 1.00 bits per heavy atom. The van der Waals surface area contributed by atoms with Crippen LogP contribution in [-0.2, 0) is 9.59 Å². The minimum Gasteiger partial charge on any atom is -0.497 e. The van der Waals surface area contributed by atoms with Gasteiger partial charge in [-0.3, -0.25) is 14.5 Å². The lowest BCUT2D eigenvalue weighted by Gasteiger charge is -2.25. The molecule has 0 saturated carbocycles. The Morgan fingerprint density at radius 3 is 2.10 bits per heavy atom. The predicted octanol–water partition coefficient (Wildman–Crippen LogP) is 4.39. The quantitative estimate of drug-likeness (QED) is 0.592. The van der Waals surface area contributed by atoms with Crippen molar-refractivity contribution in [2.24, 2.45) is 5.92 Å². The molecule has 0 aliphatic rings. The Bertz CT molecular complexity index is 852. The zero-order valence-corrected chi connectivity index (χ0v) is 19.1. The first-order chi connectivity index (χ1) is 14.2. The van der Waals surface area contributed by atoms with Gasteiger partial charge < -0.3 is 15.4 Å². The SMILES string of the molecule is COc1ccc(C(NC(=O)CN(C)CC(=O)Nc2c(Cl)cccc2Cl)C(C)C)cc1. The summed E-state index contributed by atoms with van der Waals surface area (Å²) in [6, 6.07) is 12.5. The van der Waals surface area contributed by atoms with Gasteiger partial charge in [0.05, 0.1) is 42.0 Å². The predicted molar refractivity (Wildman–Crippen MR) is 121 cm³/mol. The van der Waals surface area contributed by atoms with E-state index in [1.807, 2.05) is 38.1 Å². The highest BCUT2D eigenvalue weighted by molar-refractivity contribution is 6.39. The third kappa shape index (κ3) is 6.90. The average Bonchev–Trinajstić information content (AvgIpc) is 2.69. The van der Waals surface area contributed by atoms with Crippen LogP contribution < -0.4 is 15.4 Å². The minimum absolute atomic E-state index is 0.0177. The minimum atomic E-state index is -0.309. The van der Waals surface area contributed by atoms with Crippen molar-refractivity contribution in [3.8, 4) is 5.75 Å². The van der Waals surface area contributed by atoms with E-state index in [1.54, 1.807) is 37.3 Å². The molecule has 0 bridgehead atoms. The summed E-state index contributed by atoms with van der Waals surface area (Å²) in [6.45, 7) is 4.17. The summed E-state index contributed by atoms with van der Waals surface area (Å²) in [6.07, 6.45) is 0. The molecule has 2 aromatic carbocycles. The van der Waals surface area contributed by atoms with Crippen LogP contribution in [-0.4, -0.2) is 44.0 Å². The maximum atomic E-state index is 12.6. The molecule has 162 valence electrons. The number of methoxy groups -OCH3 is 1. The van der Waals surface area contributed by atoms with Crippen molar-refractivity contribution in [3.05, 3.63) is 58.1 Å². The van der Waals surface area contributed by atoms with Gasteiger partial charge in [0.2, 0.25) is 11.8 Å². The Kier molecular flexibility index (Phi) is 8.96. The van der Waals surface area contributed by atoms with Crippen molar-refractivity contribution in [2.45, 2.75) is 19.9 Å². The third-order valence-electron chi connectivity index (χ3n) is 4.51. The molecule has 2 rings (SSSR count). The molecule has 2 amide bonds. The Balaban J connectivity index is 1.92. The highest BCUT2D eigenvalue weighted by Crippen LogP contribution is 2.29. The molecule has 2 aromatic rings. The first kappa shape index (κ1) is 24.0. The highest BCUT2D eigenvalue weighted by Gasteiger charge is 2.20. The molecule has 1 atom stereocenters. The molecule has 0 saturated heterocycles. The number of benzene rings is 2. The van der Waals surface area contributed by atoms with E-state index in [2.05, 4.69) is 10.6 Å². The molecule has 2 N–H and O–H groups in total. The number of ether oxygens (including phenoxy) is 1. The fraction of sp³-hybridized carbons (Fsp3) is 0.364. The number of likely N-dealkylation sites (N-methyl/N-ethyl adjacent to an activating group) is 1. The van der Waals surface area contributed by atoms with E-state index in [1.165, 1.54) is 0 Å². The summed E-state index contributed by atoms with van der Waals surface area (Å²) < 4.78 is 5.19. The summed E-state index contributed by atoms with van der Waals surface area (Å²) in [5.74, 6) is 0.474. The van der Waals surface area contributed by atoms with Crippen LogP contribution in [0.15, 0.2) is 42.5 Å². The van der Waals surface area contributed by atoms with E-state index in [0.29, 0.717) is 15.7 Å². The normalized spacial score (nSPS) is 12.0. The molecule has 0 radical (unpaired) electrons. The maximum Gasteiger partial charge on any atom is 0.238 e. The molecule has 0 aromatic heterocycles. The zero-order valence-electron chi connectivity index (χ0n) is 17.5. The largest absolute Gasteiger partial charge is 0.497 e. The molecular weight excluding hydrogens is 425 g/mol. The summed E-state index contributed by atoms with van der Waals surface area (Å²) >= 11 is 12.1. The van der Waals surface area contributed by atoms with Crippen LogP contribution in [0.4, 0.5) is 5.69 Å². The third-order valence-corrected chi connectivity index (χ3v) is 5.14. The van der Waals surface area contributed by atoms with Crippen molar-refractivity contribution in [3.63, 3.8) is 0 Å². The number of halogens is 2. The molecule has 1 unspecified atom stereocenters. The van der Waals surface area contributed by atoms with Gasteiger partial charge in [0.1, 0.15) is 5.75 Å². The van der Waals surface area contributed by atoms with Crippen LogP contribution >= 0.6 is 23.2 Å². The van der Waals surface area contributed by atoms with Gasteiger partial charge in [0, 0.05) is 0 Å². The summed E-state index contributed by atoms with van der Waals surface area (Å²) in [7, 11) is 3.31. The molecule has 8 heteroatoms. The topological polar surface area (TPSA) is 70.7 Å². The van der Waals surface area contributed by atoms with E-state index < -0.39 is 0 Å². The number of hydrogen-bond acceptors (Lipinski definition) is 4. The van der Waals surface area contributed by atoms with Gasteiger partial charge in [0.25, 0.3) is 0 Å². The second-order valence-electron chi connectivity index (χ2n) is 7.38. The van der Waals surface area contributed by atoms with Crippen LogP contribution in [0.5, 0.6) is 5.75 Å². The molecule has 30 heavy (non-hydrogen) atoms. The standard InChI is InChI=1S/C22H27Cl2N3O3/c1-14(2)21(15-8-10-16(30-4)11-9-15)25-19(28)12-27(3)13-20(29)26-22-17(23)6-5-7-18(22)24/h5-11,14,21H,12-13H2,1-4H3,(H,25,28)(H,26,29). The molecule has 0 aliphatic heterocycles. The number of hydrogen-bond donors (Lipinski definition) is 2. The van der Waals surface area contributed by atoms with E-state index >= 15 is 0 Å². The fourth-order valence-corrected chi connectivity index (χ4v) is 3.50. The van der Waals surface area contributed by atoms with Crippen LogP contribution in [0.25, 0.3) is 0 Å². The number of nitrogens with zero attached hydrogens (tertiary/aromatic N) is 1. The Labute approximate surface area is 187 Å². The monoisotopic (exact) mass is 451 g/mol. The summed E-state index contributed by atoms with van der Waals surface area (Å²) in [5.41, 5.74) is 1.36. The van der Waals surface area contributed by atoms with Crippen LogP contribution in [0.3, 0.4) is 0 Å². The van der Waals surface area contributed by atoms with E-state index in [-0.39, 0.29) is 36.9 Å². The fourth-order valence-electron chi connectivity index (χ4n) is 3.01. The lowest BCUT2D eigenvalue weighted by atomic mass is 9.96. The van der Waals surface area contributed by atoms with Gasteiger partial charge in [-0.25, -0.2) is 0 Å². The van der Waals surface area contributed by atoms with Crippen molar-refractivity contribution >= 4 is 40.7 Å². The summed E-state index contributed by atoms with van der Waals surface area (Å²) in [5, 5.41) is 6.45. The smallest absolute Gasteiger partial charge is 0.238 e. The number of anilines is 1. The van der Waals surface area contributed by atoms with Gasteiger partial charge >= 0.3 is 0 Å². The molecule has 0 spiro atoms. The second-order valence-corrected chi connectivity index (χ2v) is 8.19.